The maximum absolute atomic E-state index is 12.7. The molecule has 1 aliphatic rings. The Balaban J connectivity index is 0.000000709. The van der Waals surface area contributed by atoms with Gasteiger partial charge in [0.1, 0.15) is 5.01 Å². The highest BCUT2D eigenvalue weighted by Crippen LogP contribution is 2.37. The van der Waals surface area contributed by atoms with Crippen LogP contribution in [0.25, 0.3) is 10.6 Å². The molecule has 2 aromatic carbocycles. The summed E-state index contributed by atoms with van der Waals surface area (Å²) in [5, 5.41) is 14.7. The van der Waals surface area contributed by atoms with Crippen LogP contribution < -0.4 is 0 Å². The van der Waals surface area contributed by atoms with Crippen LogP contribution in [0.15, 0.2) is 53.4 Å². The molecule has 2 N–H and O–H groups in total. The van der Waals surface area contributed by atoms with E-state index in [2.05, 4.69) is 29.2 Å². The van der Waals surface area contributed by atoms with E-state index < -0.39 is 17.9 Å². The molecule has 0 amide bonds. The second kappa shape index (κ2) is 11.1. The van der Waals surface area contributed by atoms with Crippen molar-refractivity contribution in [1.29, 1.82) is 0 Å². The molecule has 0 radical (unpaired) electrons. The van der Waals surface area contributed by atoms with Gasteiger partial charge < -0.3 is 10.2 Å². The number of aromatic nitrogens is 1. The Hall–Kier alpha value is -2.52. The molecule has 1 aromatic heterocycles. The van der Waals surface area contributed by atoms with Crippen LogP contribution in [0.1, 0.15) is 53.3 Å². The molecule has 33 heavy (non-hydrogen) atoms. The number of carboxylic acid groups (broad SMARTS) is 2. The summed E-state index contributed by atoms with van der Waals surface area (Å²) in [4.78, 5) is 15.5. The molecule has 0 spiro atoms. The van der Waals surface area contributed by atoms with Gasteiger partial charge in [-0.2, -0.15) is 13.2 Å². The van der Waals surface area contributed by atoms with Gasteiger partial charge in [-0.1, -0.05) is 37.1 Å². The van der Waals surface area contributed by atoms with Crippen molar-refractivity contribution in [3.63, 3.8) is 0 Å². The number of thiazole rings is 1. The zero-order valence-electron chi connectivity index (χ0n) is 17.9. The first-order chi connectivity index (χ1) is 15.6. The van der Waals surface area contributed by atoms with E-state index in [9.17, 15) is 13.2 Å². The molecule has 1 saturated carbocycles. The number of halogens is 3. The summed E-state index contributed by atoms with van der Waals surface area (Å²) in [6.45, 7) is 1.96. The van der Waals surface area contributed by atoms with Crippen molar-refractivity contribution in [3.05, 3.63) is 70.2 Å². The Morgan fingerprint density at radius 3 is 2.18 bits per heavy atom. The summed E-state index contributed by atoms with van der Waals surface area (Å²) >= 11 is 3.33. The van der Waals surface area contributed by atoms with Crippen molar-refractivity contribution < 1.29 is 28.2 Å². The topological polar surface area (TPSA) is 70.4 Å². The summed E-state index contributed by atoms with van der Waals surface area (Å²) in [5.41, 5.74) is 2.49. The first-order valence-electron chi connectivity index (χ1n) is 10.4. The number of hydrogen-bond donors (Lipinski definition) is 2. The summed E-state index contributed by atoms with van der Waals surface area (Å²) in [5.74, 6) is 1.54. The summed E-state index contributed by atoms with van der Waals surface area (Å²) in [6, 6.07) is 14.1. The van der Waals surface area contributed by atoms with Crippen molar-refractivity contribution in [2.75, 3.05) is 0 Å². The van der Waals surface area contributed by atoms with Crippen molar-refractivity contribution >= 4 is 29.3 Å². The normalized spacial score (nSPS) is 14.1. The van der Waals surface area contributed by atoms with Gasteiger partial charge in [0, 0.05) is 21.1 Å². The number of aryl methyl sites for hydroxylation is 1. The lowest BCUT2D eigenvalue weighted by molar-refractivity contribution is -0.137. The third-order valence-corrected chi connectivity index (χ3v) is 7.86. The largest absolute Gasteiger partial charge is 0.503 e. The van der Waals surface area contributed by atoms with Gasteiger partial charge >= 0.3 is 12.3 Å². The molecule has 4 rings (SSSR count). The molecule has 1 fully saturated rings. The number of hydrogen-bond acceptors (Lipinski definition) is 4. The number of carbonyl (C=O) groups is 1. The third-order valence-electron chi connectivity index (χ3n) is 5.43. The molecule has 1 aliphatic carbocycles. The molecular formula is C24H24F3NO3S2. The average molecular weight is 496 g/mol. The Morgan fingerprint density at radius 1 is 1.06 bits per heavy atom. The molecule has 0 unspecified atom stereocenters. The Kier molecular flexibility index (Phi) is 8.42. The fraction of sp³-hybridized carbons (Fsp3) is 0.333. The molecule has 0 bridgehead atoms. The van der Waals surface area contributed by atoms with E-state index in [0.29, 0.717) is 0 Å². The lowest BCUT2D eigenvalue weighted by Gasteiger charge is -2.10. The van der Waals surface area contributed by atoms with Crippen LogP contribution in [0.3, 0.4) is 0 Å². The fourth-order valence-corrected chi connectivity index (χ4v) is 5.84. The predicted molar refractivity (Wildman–Crippen MR) is 125 cm³/mol. The van der Waals surface area contributed by atoms with Crippen LogP contribution in [-0.2, 0) is 11.9 Å². The molecule has 1 heterocycles. The highest BCUT2D eigenvalue weighted by molar-refractivity contribution is 7.98. The van der Waals surface area contributed by atoms with Crippen molar-refractivity contribution in [2.24, 2.45) is 0 Å². The summed E-state index contributed by atoms with van der Waals surface area (Å²) in [7, 11) is 0. The lowest BCUT2D eigenvalue weighted by atomic mass is 9.98. The van der Waals surface area contributed by atoms with Gasteiger partial charge in [0.2, 0.25) is 0 Å². The Bertz CT molecular complexity index is 1050. The van der Waals surface area contributed by atoms with E-state index in [1.807, 2.05) is 6.92 Å². The van der Waals surface area contributed by atoms with Crippen LogP contribution in [-0.4, -0.2) is 21.4 Å². The second-order valence-electron chi connectivity index (χ2n) is 7.72. The minimum absolute atomic E-state index is 0.633. The van der Waals surface area contributed by atoms with Gasteiger partial charge in [-0.15, -0.1) is 23.1 Å². The summed E-state index contributed by atoms with van der Waals surface area (Å²) < 4.78 is 38.2. The highest BCUT2D eigenvalue weighted by Gasteiger charge is 2.30. The molecular weight excluding hydrogens is 471 g/mol. The Labute approximate surface area is 198 Å². The number of nitrogens with zero attached hydrogens (tertiary/aromatic N) is 1. The van der Waals surface area contributed by atoms with Crippen molar-refractivity contribution in [1.82, 2.24) is 4.98 Å². The maximum atomic E-state index is 12.7. The van der Waals surface area contributed by atoms with E-state index in [0.717, 1.165) is 44.9 Å². The zero-order valence-corrected chi connectivity index (χ0v) is 19.6. The van der Waals surface area contributed by atoms with Gasteiger partial charge in [-0.3, -0.25) is 0 Å². The van der Waals surface area contributed by atoms with Crippen LogP contribution in [0.2, 0.25) is 0 Å². The van der Waals surface area contributed by atoms with E-state index >= 15 is 0 Å². The molecule has 0 atom stereocenters. The SMILES string of the molecule is Cc1nc(-c2ccc(C(F)(F)F)cc2)sc1CSc1ccc(C2CCCC2)cc1.O=C(O)O. The van der Waals surface area contributed by atoms with Gasteiger partial charge in [0.05, 0.1) is 11.3 Å². The number of alkyl halides is 3. The monoisotopic (exact) mass is 495 g/mol. The van der Waals surface area contributed by atoms with Gasteiger partial charge in [0.25, 0.3) is 0 Å². The van der Waals surface area contributed by atoms with Gasteiger partial charge in [-0.05, 0) is 55.5 Å². The maximum Gasteiger partial charge on any atom is 0.503 e. The van der Waals surface area contributed by atoms with Crippen LogP contribution in [0, 0.1) is 6.92 Å². The van der Waals surface area contributed by atoms with E-state index in [4.69, 9.17) is 15.0 Å². The molecule has 0 aliphatic heterocycles. The van der Waals surface area contributed by atoms with E-state index in [1.165, 1.54) is 48.3 Å². The Morgan fingerprint density at radius 2 is 1.64 bits per heavy atom. The zero-order chi connectivity index (χ0) is 24.0. The van der Waals surface area contributed by atoms with Crippen LogP contribution >= 0.6 is 23.1 Å². The van der Waals surface area contributed by atoms with Crippen molar-refractivity contribution in [2.45, 2.75) is 55.3 Å². The first-order valence-corrected chi connectivity index (χ1v) is 12.2. The molecule has 176 valence electrons. The number of rotatable bonds is 5. The first kappa shape index (κ1) is 25.1. The second-order valence-corrected chi connectivity index (χ2v) is 9.86. The quantitative estimate of drug-likeness (QED) is 0.348. The molecule has 3 aromatic rings. The van der Waals surface area contributed by atoms with Gasteiger partial charge in [0.15, 0.2) is 0 Å². The molecule has 0 saturated heterocycles. The minimum Gasteiger partial charge on any atom is -0.450 e. The number of thioether (sulfide) groups is 1. The van der Waals surface area contributed by atoms with Crippen LogP contribution in [0.5, 0.6) is 0 Å². The average Bonchev–Trinajstić information content (AvgIpc) is 3.42. The smallest absolute Gasteiger partial charge is 0.450 e. The van der Waals surface area contributed by atoms with E-state index in [-0.39, 0.29) is 0 Å². The third kappa shape index (κ3) is 7.23. The number of benzene rings is 2. The fourth-order valence-electron chi connectivity index (χ4n) is 3.73. The standard InChI is InChI=1S/C23H22F3NS2.CH2O3/c1-15-21(14-28-20-12-8-17(9-13-20)16-4-2-3-5-16)29-22(27-15)18-6-10-19(11-7-18)23(24,25)26;2-1(3)4/h6-13,16H,2-5,14H2,1H3;(H2,2,3,4). The minimum atomic E-state index is -4.31. The molecule has 4 nitrogen and oxygen atoms in total. The van der Waals surface area contributed by atoms with Crippen molar-refractivity contribution in [3.8, 4) is 10.6 Å². The molecule has 9 heteroatoms. The van der Waals surface area contributed by atoms with Crippen LogP contribution in [0.4, 0.5) is 18.0 Å². The predicted octanol–water partition coefficient (Wildman–Crippen LogP) is 8.31. The van der Waals surface area contributed by atoms with E-state index in [1.54, 1.807) is 23.1 Å². The highest BCUT2D eigenvalue weighted by atomic mass is 32.2. The summed E-state index contributed by atoms with van der Waals surface area (Å²) in [6.07, 6.45) is -0.856. The van der Waals surface area contributed by atoms with Gasteiger partial charge in [-0.25, -0.2) is 9.78 Å². The lowest BCUT2D eigenvalue weighted by Crippen LogP contribution is -2.03.